The van der Waals surface area contributed by atoms with Crippen molar-refractivity contribution in [2.75, 3.05) is 26.2 Å². The van der Waals surface area contributed by atoms with Crippen molar-refractivity contribution in [1.82, 2.24) is 29.8 Å². The zero-order chi connectivity index (χ0) is 22.5. The van der Waals surface area contributed by atoms with Gasteiger partial charge in [0.15, 0.2) is 0 Å². The van der Waals surface area contributed by atoms with E-state index in [1.54, 1.807) is 22.2 Å². The molecule has 1 aliphatic rings. The van der Waals surface area contributed by atoms with Gasteiger partial charge in [0.1, 0.15) is 17.6 Å². The summed E-state index contributed by atoms with van der Waals surface area (Å²) in [4.78, 5) is 34.8. The highest BCUT2D eigenvalue weighted by molar-refractivity contribution is 5.85. The topological polar surface area (TPSA) is 93.4 Å². The van der Waals surface area contributed by atoms with Crippen molar-refractivity contribution in [2.45, 2.75) is 33.1 Å². The molecule has 1 aliphatic heterocycles. The fraction of sp³-hybridized carbons (Fsp3) is 0.435. The maximum Gasteiger partial charge on any atom is 0.246 e. The van der Waals surface area contributed by atoms with Crippen LogP contribution in [0.5, 0.6) is 0 Å². The summed E-state index contributed by atoms with van der Waals surface area (Å²) in [5.74, 6) is 0.0408. The van der Waals surface area contributed by atoms with Crippen molar-refractivity contribution in [2.24, 2.45) is 5.92 Å². The van der Waals surface area contributed by atoms with Crippen LogP contribution in [0.4, 0.5) is 0 Å². The van der Waals surface area contributed by atoms with Gasteiger partial charge in [-0.1, -0.05) is 32.0 Å². The van der Waals surface area contributed by atoms with Gasteiger partial charge in [0.25, 0.3) is 0 Å². The van der Waals surface area contributed by atoms with Crippen LogP contribution in [0.2, 0.25) is 0 Å². The standard InChI is InChI=1S/C23H28N6O3/c1-17(2)11-27-12-19(32-16-18-6-5-9-24-10-18)13-28(14-22(27)30)23(31)15-29-25-20-7-3-4-8-21(20)26-29/h3-10,17,19H,11-16H2,1-2H3. The van der Waals surface area contributed by atoms with Gasteiger partial charge in [-0.25, -0.2) is 0 Å². The van der Waals surface area contributed by atoms with Crippen LogP contribution in [0, 0.1) is 5.92 Å². The summed E-state index contributed by atoms with van der Waals surface area (Å²) in [6.07, 6.45) is 3.17. The van der Waals surface area contributed by atoms with Crippen molar-refractivity contribution in [3.8, 4) is 0 Å². The molecular weight excluding hydrogens is 408 g/mol. The fourth-order valence-electron chi connectivity index (χ4n) is 3.79. The summed E-state index contributed by atoms with van der Waals surface area (Å²) in [6.45, 7) is 5.92. The second kappa shape index (κ2) is 9.86. The molecule has 3 aromatic rings. The molecule has 0 saturated carbocycles. The molecule has 0 spiro atoms. The molecule has 4 rings (SSSR count). The Labute approximate surface area is 187 Å². The maximum atomic E-state index is 13.1. The predicted molar refractivity (Wildman–Crippen MR) is 118 cm³/mol. The van der Waals surface area contributed by atoms with Crippen LogP contribution in [0.15, 0.2) is 48.8 Å². The molecule has 2 aromatic heterocycles. The zero-order valence-electron chi connectivity index (χ0n) is 18.4. The van der Waals surface area contributed by atoms with Gasteiger partial charge in [-0.2, -0.15) is 15.0 Å². The molecular formula is C23H28N6O3. The first-order chi connectivity index (χ1) is 15.5. The van der Waals surface area contributed by atoms with Crippen molar-refractivity contribution in [3.63, 3.8) is 0 Å². The molecule has 32 heavy (non-hydrogen) atoms. The van der Waals surface area contributed by atoms with Crippen LogP contribution in [-0.2, 0) is 27.5 Å². The number of carbonyl (C=O) groups is 2. The number of hydrogen-bond acceptors (Lipinski definition) is 6. The first-order valence-electron chi connectivity index (χ1n) is 10.8. The molecule has 0 radical (unpaired) electrons. The van der Waals surface area contributed by atoms with Gasteiger partial charge >= 0.3 is 0 Å². The normalized spacial score (nSPS) is 17.2. The summed E-state index contributed by atoms with van der Waals surface area (Å²) in [7, 11) is 0. The van der Waals surface area contributed by atoms with Crippen molar-refractivity contribution >= 4 is 22.8 Å². The van der Waals surface area contributed by atoms with Gasteiger partial charge in [-0.3, -0.25) is 14.6 Å². The predicted octanol–water partition coefficient (Wildman–Crippen LogP) is 1.74. The molecule has 1 unspecified atom stereocenters. The smallest absolute Gasteiger partial charge is 0.246 e. The summed E-state index contributed by atoms with van der Waals surface area (Å²) >= 11 is 0. The van der Waals surface area contributed by atoms with E-state index in [2.05, 4.69) is 29.0 Å². The molecule has 0 N–H and O–H groups in total. The largest absolute Gasteiger partial charge is 0.370 e. The lowest BCUT2D eigenvalue weighted by Gasteiger charge is -2.26. The third kappa shape index (κ3) is 5.47. The van der Waals surface area contributed by atoms with Crippen molar-refractivity contribution in [1.29, 1.82) is 0 Å². The van der Waals surface area contributed by atoms with E-state index in [9.17, 15) is 9.59 Å². The molecule has 1 atom stereocenters. The first kappa shape index (κ1) is 21.9. The second-order valence-corrected chi connectivity index (χ2v) is 8.48. The van der Waals surface area contributed by atoms with E-state index in [4.69, 9.17) is 4.74 Å². The number of fused-ring (bicyclic) bond motifs is 1. The lowest BCUT2D eigenvalue weighted by molar-refractivity contribution is -0.139. The van der Waals surface area contributed by atoms with Crippen LogP contribution >= 0.6 is 0 Å². The van der Waals surface area contributed by atoms with Gasteiger partial charge in [0.05, 0.1) is 19.3 Å². The van der Waals surface area contributed by atoms with E-state index in [1.165, 1.54) is 4.80 Å². The van der Waals surface area contributed by atoms with Crippen LogP contribution < -0.4 is 0 Å². The monoisotopic (exact) mass is 436 g/mol. The number of ether oxygens (including phenoxy) is 1. The van der Waals surface area contributed by atoms with Crippen molar-refractivity contribution in [3.05, 3.63) is 54.4 Å². The van der Waals surface area contributed by atoms with Crippen LogP contribution in [0.3, 0.4) is 0 Å². The number of amides is 2. The summed E-state index contributed by atoms with van der Waals surface area (Å²) in [5.41, 5.74) is 2.41. The number of pyridine rings is 1. The maximum absolute atomic E-state index is 13.1. The lowest BCUT2D eigenvalue weighted by Crippen LogP contribution is -2.42. The minimum absolute atomic E-state index is 0.0263. The molecule has 0 bridgehead atoms. The third-order valence-corrected chi connectivity index (χ3v) is 5.28. The minimum Gasteiger partial charge on any atom is -0.370 e. The van der Waals surface area contributed by atoms with E-state index in [0.29, 0.717) is 32.2 Å². The number of benzene rings is 1. The van der Waals surface area contributed by atoms with Gasteiger partial charge in [-0.15, -0.1) is 0 Å². The molecule has 0 aliphatic carbocycles. The Morgan fingerprint density at radius 3 is 2.53 bits per heavy atom. The highest BCUT2D eigenvalue weighted by Gasteiger charge is 2.31. The number of rotatable bonds is 7. The molecule has 1 saturated heterocycles. The second-order valence-electron chi connectivity index (χ2n) is 8.48. The molecule has 9 nitrogen and oxygen atoms in total. The Balaban J connectivity index is 1.47. The average molecular weight is 437 g/mol. The molecule has 9 heteroatoms. The Morgan fingerprint density at radius 1 is 1.12 bits per heavy atom. The Kier molecular flexibility index (Phi) is 6.75. The summed E-state index contributed by atoms with van der Waals surface area (Å²) in [5, 5.41) is 8.73. The number of carbonyl (C=O) groups excluding carboxylic acids is 2. The Hall–Kier alpha value is -3.33. The highest BCUT2D eigenvalue weighted by atomic mass is 16.5. The molecule has 1 aromatic carbocycles. The average Bonchev–Trinajstić information content (AvgIpc) is 3.11. The Bertz CT molecular complexity index is 1030. The van der Waals surface area contributed by atoms with Crippen LogP contribution in [0.1, 0.15) is 19.4 Å². The van der Waals surface area contributed by atoms with E-state index in [1.807, 2.05) is 36.4 Å². The van der Waals surface area contributed by atoms with E-state index in [-0.39, 0.29) is 31.0 Å². The molecule has 1 fully saturated rings. The van der Waals surface area contributed by atoms with Gasteiger partial charge in [0, 0.05) is 32.0 Å². The first-order valence-corrected chi connectivity index (χ1v) is 10.8. The van der Waals surface area contributed by atoms with Gasteiger partial charge in [-0.05, 0) is 29.7 Å². The van der Waals surface area contributed by atoms with E-state index >= 15 is 0 Å². The summed E-state index contributed by atoms with van der Waals surface area (Å²) < 4.78 is 6.12. The van der Waals surface area contributed by atoms with E-state index in [0.717, 1.165) is 16.6 Å². The minimum atomic E-state index is -0.297. The highest BCUT2D eigenvalue weighted by Crippen LogP contribution is 2.14. The van der Waals surface area contributed by atoms with E-state index < -0.39 is 0 Å². The SMILES string of the molecule is CC(C)CN1CC(OCc2cccnc2)CN(C(=O)Cn2nc3ccccc3n2)CC1=O. The van der Waals surface area contributed by atoms with Gasteiger partial charge < -0.3 is 14.5 Å². The Morgan fingerprint density at radius 2 is 1.88 bits per heavy atom. The van der Waals surface area contributed by atoms with Crippen LogP contribution in [-0.4, -0.2) is 73.9 Å². The lowest BCUT2D eigenvalue weighted by atomic mass is 10.2. The van der Waals surface area contributed by atoms with Crippen molar-refractivity contribution < 1.29 is 14.3 Å². The molecule has 2 amide bonds. The van der Waals surface area contributed by atoms with Gasteiger partial charge in [0.2, 0.25) is 11.8 Å². The quantitative estimate of drug-likeness (QED) is 0.560. The summed E-state index contributed by atoms with van der Waals surface area (Å²) in [6, 6.07) is 11.3. The number of aromatic nitrogens is 4. The van der Waals surface area contributed by atoms with Crippen LogP contribution in [0.25, 0.3) is 11.0 Å². The number of hydrogen-bond donors (Lipinski definition) is 0. The number of nitrogens with zero attached hydrogens (tertiary/aromatic N) is 6. The molecule has 3 heterocycles. The third-order valence-electron chi connectivity index (χ3n) is 5.28. The fourth-order valence-corrected chi connectivity index (χ4v) is 3.79. The molecule has 168 valence electrons. The zero-order valence-corrected chi connectivity index (χ0v) is 18.4.